The molecule has 1 unspecified atom stereocenters. The van der Waals surface area contributed by atoms with Crippen molar-refractivity contribution < 1.29 is 14.6 Å². The maximum atomic E-state index is 8.88. The summed E-state index contributed by atoms with van der Waals surface area (Å²) in [7, 11) is 0. The molecule has 0 heterocycles. The van der Waals surface area contributed by atoms with Gasteiger partial charge in [-0.3, -0.25) is 0 Å². The predicted octanol–water partition coefficient (Wildman–Crippen LogP) is 4.71. The summed E-state index contributed by atoms with van der Waals surface area (Å²) in [4.78, 5) is 0. The Labute approximate surface area is 150 Å². The van der Waals surface area contributed by atoms with Crippen molar-refractivity contribution in [3.05, 3.63) is 83.9 Å². The Morgan fingerprint density at radius 2 is 1.36 bits per heavy atom. The van der Waals surface area contributed by atoms with Gasteiger partial charge in [-0.25, -0.2) is 0 Å². The Morgan fingerprint density at radius 3 is 1.84 bits per heavy atom. The van der Waals surface area contributed by atoms with Gasteiger partial charge in [0.1, 0.15) is 0 Å². The molecule has 134 valence electrons. The van der Waals surface area contributed by atoms with Gasteiger partial charge in [0.2, 0.25) is 0 Å². The Kier molecular flexibility index (Phi) is 8.98. The number of ether oxygens (including phenoxy) is 2. The molecule has 1 N–H and O–H groups in total. The third kappa shape index (κ3) is 8.12. The van der Waals surface area contributed by atoms with Gasteiger partial charge in [-0.15, -0.1) is 0 Å². The highest BCUT2D eigenvalue weighted by Gasteiger charge is 2.12. The number of hydrogen-bond acceptors (Lipinski definition) is 3. The Balaban J connectivity index is 1.86. The van der Waals surface area contributed by atoms with Crippen LogP contribution in [-0.2, 0) is 22.7 Å². The molecule has 0 spiro atoms. The zero-order chi connectivity index (χ0) is 17.7. The first kappa shape index (κ1) is 19.4. The molecule has 3 nitrogen and oxygen atoms in total. The van der Waals surface area contributed by atoms with E-state index in [9.17, 15) is 0 Å². The maximum absolute atomic E-state index is 8.88. The fourth-order valence-electron chi connectivity index (χ4n) is 2.53. The van der Waals surface area contributed by atoms with Crippen LogP contribution in [0.2, 0.25) is 0 Å². The summed E-state index contributed by atoms with van der Waals surface area (Å²) in [6.07, 6.45) is 5.34. The van der Waals surface area contributed by atoms with Gasteiger partial charge in [-0.05, 0) is 29.9 Å². The van der Waals surface area contributed by atoms with Crippen LogP contribution in [0, 0.1) is 5.92 Å². The number of hydrogen-bond donors (Lipinski definition) is 1. The average molecular weight is 340 g/mol. The third-order valence-corrected chi connectivity index (χ3v) is 3.99. The highest BCUT2D eigenvalue weighted by Crippen LogP contribution is 2.16. The molecule has 2 rings (SSSR count). The van der Waals surface area contributed by atoms with Crippen LogP contribution in [0.4, 0.5) is 0 Å². The summed E-state index contributed by atoms with van der Waals surface area (Å²) in [6, 6.07) is 20.3. The molecule has 0 saturated heterocycles. The highest BCUT2D eigenvalue weighted by molar-refractivity contribution is 5.14. The smallest absolute Gasteiger partial charge is 0.158 e. The van der Waals surface area contributed by atoms with Crippen molar-refractivity contribution >= 4 is 0 Å². The Hall–Kier alpha value is -1.94. The van der Waals surface area contributed by atoms with E-state index in [1.807, 2.05) is 42.5 Å². The lowest BCUT2D eigenvalue weighted by molar-refractivity contribution is -0.161. The number of rotatable bonds is 11. The molecule has 0 aromatic heterocycles. The predicted molar refractivity (Wildman–Crippen MR) is 101 cm³/mol. The Bertz CT molecular complexity index is 552. The zero-order valence-corrected chi connectivity index (χ0v) is 14.9. The van der Waals surface area contributed by atoms with Crippen molar-refractivity contribution in [2.45, 2.75) is 39.3 Å². The topological polar surface area (TPSA) is 38.7 Å². The van der Waals surface area contributed by atoms with Gasteiger partial charge in [-0.2, -0.15) is 0 Å². The molecule has 0 bridgehead atoms. The van der Waals surface area contributed by atoms with Gasteiger partial charge in [0.25, 0.3) is 0 Å². The molecule has 3 heteroatoms. The van der Waals surface area contributed by atoms with Crippen LogP contribution >= 0.6 is 0 Å². The van der Waals surface area contributed by atoms with Crippen molar-refractivity contribution in [1.82, 2.24) is 0 Å². The van der Waals surface area contributed by atoms with Crippen LogP contribution in [-0.4, -0.2) is 18.0 Å². The van der Waals surface area contributed by atoms with E-state index in [4.69, 9.17) is 14.6 Å². The van der Waals surface area contributed by atoms with Crippen LogP contribution in [0.25, 0.3) is 0 Å². The van der Waals surface area contributed by atoms with Crippen molar-refractivity contribution in [3.8, 4) is 0 Å². The molecule has 2 aromatic rings. The molecule has 0 saturated carbocycles. The largest absolute Gasteiger partial charge is 0.392 e. The van der Waals surface area contributed by atoms with Crippen molar-refractivity contribution in [2.24, 2.45) is 5.92 Å². The summed E-state index contributed by atoms with van der Waals surface area (Å²) >= 11 is 0. The molecule has 0 amide bonds. The van der Waals surface area contributed by atoms with E-state index in [2.05, 4.69) is 31.2 Å². The van der Waals surface area contributed by atoms with E-state index >= 15 is 0 Å². The standard InChI is InChI=1S/C22H28O3/c1-19(9-8-16-23)14-15-22(24-17-20-10-4-2-5-11-20)25-18-21-12-6-3-7-13-21/h2-13,19,22-23H,14-18H2,1H3/b9-8+. The van der Waals surface area contributed by atoms with Crippen molar-refractivity contribution in [1.29, 1.82) is 0 Å². The number of benzene rings is 2. The second kappa shape index (κ2) is 11.6. The fourth-order valence-corrected chi connectivity index (χ4v) is 2.53. The molecule has 0 aliphatic rings. The summed E-state index contributed by atoms with van der Waals surface area (Å²) in [6.45, 7) is 3.31. The molecular weight excluding hydrogens is 312 g/mol. The van der Waals surface area contributed by atoms with E-state index in [1.165, 1.54) is 0 Å². The molecule has 2 aromatic carbocycles. The van der Waals surface area contributed by atoms with Crippen LogP contribution in [0.15, 0.2) is 72.8 Å². The molecule has 0 aliphatic carbocycles. The number of aliphatic hydroxyl groups excluding tert-OH is 1. The molecule has 25 heavy (non-hydrogen) atoms. The van der Waals surface area contributed by atoms with Crippen LogP contribution in [0.3, 0.4) is 0 Å². The SMILES string of the molecule is CC(/C=C/CO)CCC(OCc1ccccc1)OCc1ccccc1. The zero-order valence-electron chi connectivity index (χ0n) is 14.9. The first-order valence-electron chi connectivity index (χ1n) is 8.86. The molecule has 0 aliphatic heterocycles. The minimum atomic E-state index is -0.245. The van der Waals surface area contributed by atoms with Crippen LogP contribution in [0.5, 0.6) is 0 Å². The van der Waals surface area contributed by atoms with Gasteiger partial charge in [-0.1, -0.05) is 79.7 Å². The summed E-state index contributed by atoms with van der Waals surface area (Å²) in [5.41, 5.74) is 2.29. The second-order valence-corrected chi connectivity index (χ2v) is 6.19. The molecular formula is C22H28O3. The number of allylic oxidation sites excluding steroid dienone is 1. The van der Waals surface area contributed by atoms with E-state index in [1.54, 1.807) is 6.08 Å². The van der Waals surface area contributed by atoms with Gasteiger partial charge in [0.15, 0.2) is 6.29 Å². The van der Waals surface area contributed by atoms with Gasteiger partial charge in [0, 0.05) is 0 Å². The lowest BCUT2D eigenvalue weighted by atomic mass is 10.0. The summed E-state index contributed by atoms with van der Waals surface area (Å²) in [5, 5.41) is 8.88. The third-order valence-electron chi connectivity index (χ3n) is 3.99. The quantitative estimate of drug-likeness (QED) is 0.475. The first-order chi connectivity index (χ1) is 12.3. The fraction of sp³-hybridized carbons (Fsp3) is 0.364. The minimum Gasteiger partial charge on any atom is -0.392 e. The molecule has 1 atom stereocenters. The second-order valence-electron chi connectivity index (χ2n) is 6.19. The summed E-state index contributed by atoms with van der Waals surface area (Å²) in [5.74, 6) is 0.385. The number of aliphatic hydroxyl groups is 1. The average Bonchev–Trinajstić information content (AvgIpc) is 2.67. The minimum absolute atomic E-state index is 0.0861. The van der Waals surface area contributed by atoms with Crippen LogP contribution in [0.1, 0.15) is 30.9 Å². The monoisotopic (exact) mass is 340 g/mol. The normalized spacial score (nSPS) is 12.8. The van der Waals surface area contributed by atoms with E-state index in [0.717, 1.165) is 24.0 Å². The molecule has 0 radical (unpaired) electrons. The van der Waals surface area contributed by atoms with Gasteiger partial charge >= 0.3 is 0 Å². The van der Waals surface area contributed by atoms with Crippen LogP contribution < -0.4 is 0 Å². The highest BCUT2D eigenvalue weighted by atomic mass is 16.7. The van der Waals surface area contributed by atoms with E-state index in [0.29, 0.717) is 19.1 Å². The Morgan fingerprint density at radius 1 is 0.840 bits per heavy atom. The van der Waals surface area contributed by atoms with E-state index in [-0.39, 0.29) is 12.9 Å². The van der Waals surface area contributed by atoms with Gasteiger partial charge in [0.05, 0.1) is 19.8 Å². The van der Waals surface area contributed by atoms with E-state index < -0.39 is 0 Å². The maximum Gasteiger partial charge on any atom is 0.158 e. The first-order valence-corrected chi connectivity index (χ1v) is 8.86. The van der Waals surface area contributed by atoms with Crippen molar-refractivity contribution in [2.75, 3.05) is 6.61 Å². The molecule has 0 fully saturated rings. The lowest BCUT2D eigenvalue weighted by Crippen LogP contribution is -2.18. The van der Waals surface area contributed by atoms with Gasteiger partial charge < -0.3 is 14.6 Å². The summed E-state index contributed by atoms with van der Waals surface area (Å²) < 4.78 is 12.0. The van der Waals surface area contributed by atoms with Crippen molar-refractivity contribution in [3.63, 3.8) is 0 Å². The lowest BCUT2D eigenvalue weighted by Gasteiger charge is -2.20.